The molecule has 156 valence electrons. The summed E-state index contributed by atoms with van der Waals surface area (Å²) in [5.41, 5.74) is 2.55. The zero-order valence-corrected chi connectivity index (χ0v) is 17.5. The number of ether oxygens (including phenoxy) is 2. The van der Waals surface area contributed by atoms with E-state index < -0.39 is 0 Å². The number of nitrogens with one attached hydrogen (secondary N) is 1. The molecule has 1 aliphatic heterocycles. The SMILES string of the molecule is COc1ccc(CCNCC(=O)N2CCC(Cc3ccccc3)CC2)cc1OC. The number of methoxy groups -OCH3 is 2. The van der Waals surface area contributed by atoms with Crippen LogP contribution in [0.3, 0.4) is 0 Å². The van der Waals surface area contributed by atoms with Crippen molar-refractivity contribution in [1.29, 1.82) is 0 Å². The van der Waals surface area contributed by atoms with E-state index >= 15 is 0 Å². The number of amides is 1. The molecule has 1 saturated heterocycles. The summed E-state index contributed by atoms with van der Waals surface area (Å²) in [5, 5.41) is 3.28. The third-order valence-corrected chi connectivity index (χ3v) is 5.65. The van der Waals surface area contributed by atoms with E-state index in [9.17, 15) is 4.79 Å². The molecule has 0 atom stereocenters. The van der Waals surface area contributed by atoms with Gasteiger partial charge in [0.05, 0.1) is 20.8 Å². The summed E-state index contributed by atoms with van der Waals surface area (Å²) in [7, 11) is 3.27. The van der Waals surface area contributed by atoms with E-state index in [0.29, 0.717) is 12.5 Å². The molecule has 0 saturated carbocycles. The molecule has 5 heteroatoms. The minimum Gasteiger partial charge on any atom is -0.493 e. The van der Waals surface area contributed by atoms with Gasteiger partial charge in [-0.3, -0.25) is 4.79 Å². The first kappa shape index (κ1) is 21.2. The first-order valence-corrected chi connectivity index (χ1v) is 10.4. The van der Waals surface area contributed by atoms with Crippen molar-refractivity contribution >= 4 is 5.91 Å². The molecule has 3 rings (SSSR count). The van der Waals surface area contributed by atoms with Crippen molar-refractivity contribution in [2.45, 2.75) is 25.7 Å². The van der Waals surface area contributed by atoms with E-state index in [1.165, 1.54) is 5.56 Å². The Morgan fingerprint density at radius 3 is 2.41 bits per heavy atom. The van der Waals surface area contributed by atoms with Gasteiger partial charge >= 0.3 is 0 Å². The third kappa shape index (κ3) is 6.23. The van der Waals surface area contributed by atoms with Crippen LogP contribution in [0.5, 0.6) is 11.5 Å². The second-order valence-electron chi connectivity index (χ2n) is 7.63. The number of rotatable bonds is 9. The van der Waals surface area contributed by atoms with Gasteiger partial charge in [0.25, 0.3) is 0 Å². The lowest BCUT2D eigenvalue weighted by atomic mass is 9.90. The Kier molecular flexibility index (Phi) is 7.94. The molecule has 1 aliphatic rings. The highest BCUT2D eigenvalue weighted by Gasteiger charge is 2.22. The maximum atomic E-state index is 12.5. The molecule has 0 radical (unpaired) electrons. The highest BCUT2D eigenvalue weighted by atomic mass is 16.5. The van der Waals surface area contributed by atoms with Crippen LogP contribution in [0.1, 0.15) is 24.0 Å². The Hall–Kier alpha value is -2.53. The van der Waals surface area contributed by atoms with Crippen LogP contribution in [0.2, 0.25) is 0 Å². The Balaban J connectivity index is 1.35. The van der Waals surface area contributed by atoms with Crippen molar-refractivity contribution < 1.29 is 14.3 Å². The predicted octanol–water partition coefficient (Wildman–Crippen LogP) is 3.32. The number of benzene rings is 2. The van der Waals surface area contributed by atoms with Gasteiger partial charge in [0.1, 0.15) is 0 Å². The van der Waals surface area contributed by atoms with Gasteiger partial charge < -0.3 is 19.7 Å². The minimum atomic E-state index is 0.204. The van der Waals surface area contributed by atoms with Crippen LogP contribution >= 0.6 is 0 Å². The van der Waals surface area contributed by atoms with Crippen LogP contribution in [0.15, 0.2) is 48.5 Å². The third-order valence-electron chi connectivity index (χ3n) is 5.65. The molecule has 0 spiro atoms. The number of carbonyl (C=O) groups is 1. The monoisotopic (exact) mass is 396 g/mol. The summed E-state index contributed by atoms with van der Waals surface area (Å²) in [6.07, 6.45) is 4.14. The minimum absolute atomic E-state index is 0.204. The Bertz CT molecular complexity index is 771. The first-order chi connectivity index (χ1) is 14.2. The lowest BCUT2D eigenvalue weighted by molar-refractivity contribution is -0.131. The standard InChI is InChI=1S/C24H32N2O3/c1-28-22-9-8-20(17-23(22)29-2)10-13-25-18-24(27)26-14-11-21(12-15-26)16-19-6-4-3-5-7-19/h3-9,17,21,25H,10-16,18H2,1-2H3. The predicted molar refractivity (Wildman–Crippen MR) is 116 cm³/mol. The number of hydrogen-bond acceptors (Lipinski definition) is 4. The molecule has 5 nitrogen and oxygen atoms in total. The van der Waals surface area contributed by atoms with Crippen molar-refractivity contribution in [2.24, 2.45) is 5.92 Å². The highest BCUT2D eigenvalue weighted by Crippen LogP contribution is 2.27. The molecular weight excluding hydrogens is 364 g/mol. The van der Waals surface area contributed by atoms with Crippen LogP contribution in [0.25, 0.3) is 0 Å². The Morgan fingerprint density at radius 2 is 1.72 bits per heavy atom. The lowest BCUT2D eigenvalue weighted by Gasteiger charge is -2.32. The quantitative estimate of drug-likeness (QED) is 0.661. The molecule has 2 aromatic carbocycles. The maximum Gasteiger partial charge on any atom is 0.236 e. The van der Waals surface area contributed by atoms with Crippen LogP contribution in [-0.4, -0.2) is 51.2 Å². The molecule has 0 unspecified atom stereocenters. The summed E-state index contributed by atoms with van der Waals surface area (Å²) < 4.78 is 10.6. The van der Waals surface area contributed by atoms with E-state index in [2.05, 4.69) is 35.6 Å². The van der Waals surface area contributed by atoms with Crippen LogP contribution in [0, 0.1) is 5.92 Å². The summed E-state index contributed by atoms with van der Waals surface area (Å²) in [6.45, 7) is 2.89. The molecule has 1 amide bonds. The summed E-state index contributed by atoms with van der Waals surface area (Å²) in [5.74, 6) is 2.35. The van der Waals surface area contributed by atoms with Crippen LogP contribution in [-0.2, 0) is 17.6 Å². The summed E-state index contributed by atoms with van der Waals surface area (Å²) in [4.78, 5) is 14.5. The smallest absolute Gasteiger partial charge is 0.236 e. The molecule has 1 heterocycles. The van der Waals surface area contributed by atoms with Crippen molar-refractivity contribution in [2.75, 3.05) is 40.4 Å². The zero-order valence-electron chi connectivity index (χ0n) is 17.5. The van der Waals surface area contributed by atoms with Gasteiger partial charge in [-0.05, 0) is 61.4 Å². The van der Waals surface area contributed by atoms with Gasteiger partial charge in [-0.15, -0.1) is 0 Å². The number of hydrogen-bond donors (Lipinski definition) is 1. The second-order valence-corrected chi connectivity index (χ2v) is 7.63. The zero-order chi connectivity index (χ0) is 20.5. The van der Waals surface area contributed by atoms with Crippen molar-refractivity contribution in [3.8, 4) is 11.5 Å². The number of likely N-dealkylation sites (tertiary alicyclic amines) is 1. The van der Waals surface area contributed by atoms with E-state index in [0.717, 1.165) is 62.4 Å². The molecule has 1 fully saturated rings. The van der Waals surface area contributed by atoms with Gasteiger partial charge in [-0.2, -0.15) is 0 Å². The molecule has 0 aromatic heterocycles. The van der Waals surface area contributed by atoms with Gasteiger partial charge in [0.15, 0.2) is 11.5 Å². The normalized spacial score (nSPS) is 14.6. The molecule has 0 aliphatic carbocycles. The van der Waals surface area contributed by atoms with Crippen molar-refractivity contribution in [3.05, 3.63) is 59.7 Å². The van der Waals surface area contributed by atoms with Gasteiger partial charge in [-0.1, -0.05) is 36.4 Å². The molecule has 1 N–H and O–H groups in total. The van der Waals surface area contributed by atoms with Gasteiger partial charge in [0.2, 0.25) is 5.91 Å². The number of nitrogens with zero attached hydrogens (tertiary/aromatic N) is 1. The molecule has 29 heavy (non-hydrogen) atoms. The van der Waals surface area contributed by atoms with Crippen molar-refractivity contribution in [1.82, 2.24) is 10.2 Å². The number of carbonyl (C=O) groups excluding carboxylic acids is 1. The van der Waals surface area contributed by atoms with E-state index in [1.807, 2.05) is 23.1 Å². The number of piperidine rings is 1. The maximum absolute atomic E-state index is 12.5. The van der Waals surface area contributed by atoms with E-state index in [1.54, 1.807) is 14.2 Å². The molecule has 0 bridgehead atoms. The average molecular weight is 397 g/mol. The molecular formula is C24H32N2O3. The Morgan fingerprint density at radius 1 is 1.00 bits per heavy atom. The fraction of sp³-hybridized carbons (Fsp3) is 0.458. The summed E-state index contributed by atoms with van der Waals surface area (Å²) >= 11 is 0. The average Bonchev–Trinajstić information content (AvgIpc) is 2.77. The van der Waals surface area contributed by atoms with Gasteiger partial charge in [-0.25, -0.2) is 0 Å². The highest BCUT2D eigenvalue weighted by molar-refractivity contribution is 5.78. The molecule has 2 aromatic rings. The van der Waals surface area contributed by atoms with Crippen LogP contribution in [0.4, 0.5) is 0 Å². The topological polar surface area (TPSA) is 50.8 Å². The first-order valence-electron chi connectivity index (χ1n) is 10.4. The summed E-state index contributed by atoms with van der Waals surface area (Å²) in [6, 6.07) is 16.6. The van der Waals surface area contributed by atoms with Crippen molar-refractivity contribution in [3.63, 3.8) is 0 Å². The fourth-order valence-corrected chi connectivity index (χ4v) is 3.91. The largest absolute Gasteiger partial charge is 0.493 e. The van der Waals surface area contributed by atoms with Gasteiger partial charge in [0, 0.05) is 13.1 Å². The Labute approximate surface area is 174 Å². The van der Waals surface area contributed by atoms with E-state index in [4.69, 9.17) is 9.47 Å². The fourth-order valence-electron chi connectivity index (χ4n) is 3.91. The van der Waals surface area contributed by atoms with E-state index in [-0.39, 0.29) is 5.91 Å². The van der Waals surface area contributed by atoms with Crippen LogP contribution < -0.4 is 14.8 Å². The second kappa shape index (κ2) is 10.9. The lowest BCUT2D eigenvalue weighted by Crippen LogP contribution is -2.43.